The molecule has 0 aliphatic carbocycles. The predicted molar refractivity (Wildman–Crippen MR) is 128 cm³/mol. The van der Waals surface area contributed by atoms with Gasteiger partial charge in [-0.05, 0) is 42.0 Å². The molecule has 3 rings (SSSR count). The van der Waals surface area contributed by atoms with Gasteiger partial charge in [0.1, 0.15) is 11.6 Å². The smallest absolute Gasteiger partial charge is 0.305 e. The van der Waals surface area contributed by atoms with Crippen molar-refractivity contribution in [1.29, 1.82) is 0 Å². The molecule has 1 aromatic carbocycles. The monoisotopic (exact) mass is 470 g/mol. The number of aliphatic carboxylic acids is 1. The summed E-state index contributed by atoms with van der Waals surface area (Å²) in [6.07, 6.45) is 2.08. The normalized spacial score (nSPS) is 16.0. The van der Waals surface area contributed by atoms with Crippen LogP contribution in [0.4, 0.5) is 10.2 Å². The summed E-state index contributed by atoms with van der Waals surface area (Å²) in [6.45, 7) is 3.96. The Kier molecular flexibility index (Phi) is 8.17. The van der Waals surface area contributed by atoms with Gasteiger partial charge in [0.2, 0.25) is 5.91 Å². The van der Waals surface area contributed by atoms with E-state index >= 15 is 0 Å². The highest BCUT2D eigenvalue weighted by Gasteiger charge is 2.27. The van der Waals surface area contributed by atoms with Gasteiger partial charge in [0.15, 0.2) is 0 Å². The molecular formula is C26H31FN2O5. The lowest BCUT2D eigenvalue weighted by molar-refractivity contribution is -0.139. The first kappa shape index (κ1) is 25.5. The van der Waals surface area contributed by atoms with Crippen molar-refractivity contribution in [3.05, 3.63) is 53.0 Å². The van der Waals surface area contributed by atoms with Crippen LogP contribution in [0, 0.1) is 5.82 Å². The Morgan fingerprint density at radius 3 is 2.50 bits per heavy atom. The van der Waals surface area contributed by atoms with Gasteiger partial charge in [-0.25, -0.2) is 9.37 Å². The molecule has 0 unspecified atom stereocenters. The van der Waals surface area contributed by atoms with Crippen LogP contribution in [-0.2, 0) is 16.0 Å². The number of benzene rings is 1. The van der Waals surface area contributed by atoms with E-state index in [-0.39, 0.29) is 24.1 Å². The van der Waals surface area contributed by atoms with E-state index in [4.69, 9.17) is 10.1 Å². The molecule has 2 heterocycles. The van der Waals surface area contributed by atoms with E-state index in [1.807, 2.05) is 13.8 Å². The number of carboxylic acids is 1. The van der Waals surface area contributed by atoms with Crippen molar-refractivity contribution in [2.24, 2.45) is 0 Å². The molecule has 0 bridgehead atoms. The van der Waals surface area contributed by atoms with Crippen LogP contribution < -0.4 is 4.90 Å². The summed E-state index contributed by atoms with van der Waals surface area (Å²) >= 11 is 0. The van der Waals surface area contributed by atoms with Gasteiger partial charge in [0.25, 0.3) is 0 Å². The molecule has 1 aromatic heterocycles. The van der Waals surface area contributed by atoms with Crippen LogP contribution in [0.3, 0.4) is 0 Å². The van der Waals surface area contributed by atoms with Crippen LogP contribution >= 0.6 is 0 Å². The summed E-state index contributed by atoms with van der Waals surface area (Å²) in [6, 6.07) is 6.14. The number of halogens is 1. The molecule has 1 amide bonds. The molecule has 0 fully saturated rings. The average Bonchev–Trinajstić information content (AvgIpc) is 2.89. The standard InChI is InChI=1S/C26H31FN2O5/c1-15(2)25-20(12-11-18(30)13-19(31)14-23(33)34)24(16-7-9-17(27)10-8-16)21-5-4-6-22(32)29(3)26(21)28-25/h7-12,15,18-19,30-31H,4-6,13-14H2,1-3H3,(H,33,34)/t18-,19-/m1/s1. The number of aliphatic hydroxyl groups excluding tert-OH is 2. The van der Waals surface area contributed by atoms with Gasteiger partial charge in [0, 0.05) is 31.0 Å². The van der Waals surface area contributed by atoms with Crippen molar-refractivity contribution in [1.82, 2.24) is 4.98 Å². The van der Waals surface area contributed by atoms with Crippen molar-refractivity contribution < 1.29 is 29.3 Å². The molecule has 1 aliphatic heterocycles. The fraction of sp³-hybridized carbons (Fsp3) is 0.423. The van der Waals surface area contributed by atoms with Crippen molar-refractivity contribution in [2.75, 3.05) is 11.9 Å². The van der Waals surface area contributed by atoms with E-state index in [1.165, 1.54) is 18.2 Å². The van der Waals surface area contributed by atoms with Gasteiger partial charge in [-0.3, -0.25) is 14.5 Å². The fourth-order valence-corrected chi connectivity index (χ4v) is 4.27. The molecule has 7 nitrogen and oxygen atoms in total. The maximum absolute atomic E-state index is 13.7. The number of fused-ring (bicyclic) bond motifs is 1. The quantitative estimate of drug-likeness (QED) is 0.540. The zero-order valence-corrected chi connectivity index (χ0v) is 19.7. The number of hydrogen-bond donors (Lipinski definition) is 3. The molecule has 0 spiro atoms. The van der Waals surface area contributed by atoms with Gasteiger partial charge < -0.3 is 15.3 Å². The maximum Gasteiger partial charge on any atom is 0.305 e. The van der Waals surface area contributed by atoms with Crippen molar-refractivity contribution >= 4 is 23.8 Å². The second-order valence-corrected chi connectivity index (χ2v) is 8.97. The summed E-state index contributed by atoms with van der Waals surface area (Å²) in [5, 5.41) is 29.1. The van der Waals surface area contributed by atoms with Crippen LogP contribution in [0.5, 0.6) is 0 Å². The minimum atomic E-state index is -1.18. The first-order valence-electron chi connectivity index (χ1n) is 11.4. The minimum absolute atomic E-state index is 0.0165. The van der Waals surface area contributed by atoms with Crippen molar-refractivity contribution in [3.8, 4) is 11.1 Å². The van der Waals surface area contributed by atoms with Crippen molar-refractivity contribution in [3.63, 3.8) is 0 Å². The predicted octanol–water partition coefficient (Wildman–Crippen LogP) is 3.91. The summed E-state index contributed by atoms with van der Waals surface area (Å²) < 4.78 is 13.7. The Balaban J connectivity index is 2.17. The number of amides is 1. The third-order valence-corrected chi connectivity index (χ3v) is 5.94. The van der Waals surface area contributed by atoms with Gasteiger partial charge in [-0.2, -0.15) is 0 Å². The molecule has 8 heteroatoms. The highest BCUT2D eigenvalue weighted by molar-refractivity contribution is 5.96. The van der Waals surface area contributed by atoms with E-state index in [2.05, 4.69) is 0 Å². The number of pyridine rings is 1. The number of aromatic nitrogens is 1. The highest BCUT2D eigenvalue weighted by atomic mass is 19.1. The summed E-state index contributed by atoms with van der Waals surface area (Å²) in [4.78, 5) is 29.8. The fourth-order valence-electron chi connectivity index (χ4n) is 4.27. The number of carbonyl (C=O) groups excluding carboxylic acids is 1. The molecule has 0 saturated carbocycles. The number of nitrogens with zero attached hydrogens (tertiary/aromatic N) is 2. The molecule has 0 saturated heterocycles. The SMILES string of the molecule is CC(C)c1nc2c(c(-c3ccc(F)cc3)c1C=C[C@@H](O)C[C@@H](O)CC(=O)O)CCCC(=O)N2C. The molecule has 0 radical (unpaired) electrons. The summed E-state index contributed by atoms with van der Waals surface area (Å²) in [7, 11) is 1.71. The Hall–Kier alpha value is -3.10. The van der Waals surface area contributed by atoms with Gasteiger partial charge in [-0.15, -0.1) is 0 Å². The third-order valence-electron chi connectivity index (χ3n) is 5.94. The largest absolute Gasteiger partial charge is 0.481 e. The second-order valence-electron chi connectivity index (χ2n) is 8.97. The number of carboxylic acid groups (broad SMARTS) is 1. The second kappa shape index (κ2) is 10.9. The van der Waals surface area contributed by atoms with Gasteiger partial charge >= 0.3 is 5.97 Å². The first-order chi connectivity index (χ1) is 16.1. The van der Waals surface area contributed by atoms with E-state index in [1.54, 1.807) is 30.2 Å². The third kappa shape index (κ3) is 5.87. The van der Waals surface area contributed by atoms with Crippen LogP contribution in [0.25, 0.3) is 17.2 Å². The zero-order chi connectivity index (χ0) is 25.0. The van der Waals surface area contributed by atoms with Gasteiger partial charge in [-0.1, -0.05) is 38.1 Å². The van der Waals surface area contributed by atoms with E-state index in [0.29, 0.717) is 30.8 Å². The molecule has 34 heavy (non-hydrogen) atoms. The lowest BCUT2D eigenvalue weighted by atomic mass is 9.88. The van der Waals surface area contributed by atoms with E-state index in [0.717, 1.165) is 22.3 Å². The number of hydrogen-bond acceptors (Lipinski definition) is 5. The maximum atomic E-state index is 13.7. The molecular weight excluding hydrogens is 439 g/mol. The van der Waals surface area contributed by atoms with Crippen LogP contribution in [0.15, 0.2) is 30.3 Å². The zero-order valence-electron chi connectivity index (χ0n) is 19.7. The van der Waals surface area contributed by atoms with Crippen LogP contribution in [-0.4, -0.2) is 51.4 Å². The minimum Gasteiger partial charge on any atom is -0.481 e. The van der Waals surface area contributed by atoms with Gasteiger partial charge in [0.05, 0.1) is 24.3 Å². The highest BCUT2D eigenvalue weighted by Crippen LogP contribution is 2.40. The van der Waals surface area contributed by atoms with E-state index < -0.39 is 24.6 Å². The average molecular weight is 471 g/mol. The Labute approximate surface area is 198 Å². The molecule has 182 valence electrons. The molecule has 1 aliphatic rings. The number of aliphatic hydroxyl groups is 2. The number of rotatable bonds is 8. The van der Waals surface area contributed by atoms with Crippen LogP contribution in [0.1, 0.15) is 62.3 Å². The van der Waals surface area contributed by atoms with Crippen molar-refractivity contribution in [2.45, 2.75) is 64.1 Å². The number of anilines is 1. The topological polar surface area (TPSA) is 111 Å². The Morgan fingerprint density at radius 2 is 1.88 bits per heavy atom. The summed E-state index contributed by atoms with van der Waals surface area (Å²) in [5.74, 6) is -0.957. The lowest BCUT2D eigenvalue weighted by Crippen LogP contribution is -2.27. The molecule has 2 aromatic rings. The lowest BCUT2D eigenvalue weighted by Gasteiger charge is -2.24. The molecule has 2 atom stereocenters. The Morgan fingerprint density at radius 1 is 1.21 bits per heavy atom. The first-order valence-corrected chi connectivity index (χ1v) is 11.4. The van der Waals surface area contributed by atoms with E-state index in [9.17, 15) is 24.2 Å². The number of carbonyl (C=O) groups is 2. The van der Waals surface area contributed by atoms with Crippen LogP contribution in [0.2, 0.25) is 0 Å². The molecule has 3 N–H and O–H groups in total. The summed E-state index contributed by atoms with van der Waals surface area (Å²) in [5.41, 5.74) is 3.93. The Bertz CT molecular complexity index is 1080.